The third-order valence-corrected chi connectivity index (χ3v) is 6.33. The van der Waals surface area contributed by atoms with E-state index in [-0.39, 0.29) is 11.4 Å². The molecule has 0 aliphatic carbocycles. The lowest BCUT2D eigenvalue weighted by Gasteiger charge is -2.38. The minimum absolute atomic E-state index is 0.184. The van der Waals surface area contributed by atoms with Crippen LogP contribution in [0.5, 0.6) is 0 Å². The molecule has 0 saturated heterocycles. The summed E-state index contributed by atoms with van der Waals surface area (Å²) in [5.74, 6) is -0.184. The lowest BCUT2D eigenvalue weighted by atomic mass is 9.76. The van der Waals surface area contributed by atoms with Gasteiger partial charge in [0.15, 0.2) is 5.65 Å². The predicted molar refractivity (Wildman–Crippen MR) is 141 cm³/mol. The van der Waals surface area contributed by atoms with E-state index in [4.69, 9.17) is 4.98 Å². The quantitative estimate of drug-likeness (QED) is 0.308. The Morgan fingerprint density at radius 2 is 1.56 bits per heavy atom. The summed E-state index contributed by atoms with van der Waals surface area (Å²) in [6, 6.07) is 20.6. The number of halogens is 1. The summed E-state index contributed by atoms with van der Waals surface area (Å²) in [4.78, 5) is 22.9. The van der Waals surface area contributed by atoms with Crippen molar-refractivity contribution in [1.82, 2.24) is 19.9 Å². The molecular weight excluding hydrogens is 488 g/mol. The fourth-order valence-corrected chi connectivity index (χ4v) is 4.74. The maximum atomic E-state index is 13.4. The molecule has 1 N–H and O–H groups in total. The molecule has 4 aromatic rings. The van der Waals surface area contributed by atoms with Gasteiger partial charge in [0.1, 0.15) is 15.7 Å². The van der Waals surface area contributed by atoms with Gasteiger partial charge in [0.25, 0.3) is 5.91 Å². The first-order chi connectivity index (χ1) is 16.2. The summed E-state index contributed by atoms with van der Waals surface area (Å²) < 4.78 is 2.68. The van der Waals surface area contributed by atoms with Gasteiger partial charge in [-0.25, -0.2) is 9.97 Å². The van der Waals surface area contributed by atoms with Gasteiger partial charge >= 0.3 is 0 Å². The first-order valence-electron chi connectivity index (χ1n) is 11.3. The first-order valence-corrected chi connectivity index (χ1v) is 12.1. The average molecular weight is 517 g/mol. The Hall–Kier alpha value is -3.25. The van der Waals surface area contributed by atoms with E-state index in [0.29, 0.717) is 21.3 Å². The standard InChI is InChI=1S/C28H29BrN4O/c1-6-19(2)28(20-13-9-7-10-14-20,21-15-11-8-12-16-21)33-18-22(26(34)32-27(3,4)5)24-25(33)30-17-23(29)31-24/h6-18H,1-5H3,(H,32,34). The van der Waals surface area contributed by atoms with E-state index in [1.54, 1.807) is 6.20 Å². The number of rotatable bonds is 5. The summed E-state index contributed by atoms with van der Waals surface area (Å²) in [5.41, 5.74) is 3.81. The number of nitrogens with one attached hydrogen (secondary N) is 1. The number of benzene rings is 2. The molecule has 6 heteroatoms. The van der Waals surface area contributed by atoms with Crippen LogP contribution in [0.2, 0.25) is 0 Å². The summed E-state index contributed by atoms with van der Waals surface area (Å²) in [5, 5.41) is 3.08. The van der Waals surface area contributed by atoms with Crippen LogP contribution >= 0.6 is 15.9 Å². The Morgan fingerprint density at radius 3 is 2.06 bits per heavy atom. The minimum atomic E-state index is -0.724. The van der Waals surface area contributed by atoms with Crippen LogP contribution in [0.1, 0.15) is 56.1 Å². The molecule has 4 rings (SSSR count). The van der Waals surface area contributed by atoms with Gasteiger partial charge in [-0.05, 0) is 67.2 Å². The molecule has 0 unspecified atom stereocenters. The zero-order valence-electron chi connectivity index (χ0n) is 20.1. The molecule has 174 valence electrons. The Bertz CT molecular complexity index is 1310. The zero-order valence-corrected chi connectivity index (χ0v) is 21.7. The van der Waals surface area contributed by atoms with Crippen LogP contribution in [0.4, 0.5) is 0 Å². The van der Waals surface area contributed by atoms with Gasteiger partial charge in [-0.1, -0.05) is 66.7 Å². The molecule has 5 nitrogen and oxygen atoms in total. The lowest BCUT2D eigenvalue weighted by molar-refractivity contribution is 0.0920. The van der Waals surface area contributed by atoms with Crippen molar-refractivity contribution in [2.75, 3.05) is 0 Å². The molecular formula is C28H29BrN4O. The fraction of sp³-hybridized carbons (Fsp3) is 0.250. The number of hydrogen-bond donors (Lipinski definition) is 1. The Labute approximate surface area is 209 Å². The van der Waals surface area contributed by atoms with Crippen molar-refractivity contribution >= 4 is 33.0 Å². The Morgan fingerprint density at radius 1 is 1.00 bits per heavy atom. The number of carbonyl (C=O) groups excluding carboxylic acids is 1. The van der Waals surface area contributed by atoms with Crippen molar-refractivity contribution in [1.29, 1.82) is 0 Å². The van der Waals surface area contributed by atoms with Crippen LogP contribution in [-0.2, 0) is 5.54 Å². The highest BCUT2D eigenvalue weighted by molar-refractivity contribution is 9.10. The van der Waals surface area contributed by atoms with Gasteiger partial charge in [0.2, 0.25) is 0 Å². The van der Waals surface area contributed by atoms with Crippen molar-refractivity contribution in [3.05, 3.63) is 106 Å². The molecule has 0 aliphatic heterocycles. The van der Waals surface area contributed by atoms with Gasteiger partial charge in [-0.15, -0.1) is 0 Å². The van der Waals surface area contributed by atoms with Crippen LogP contribution in [-0.4, -0.2) is 26.0 Å². The number of nitrogens with zero attached hydrogens (tertiary/aromatic N) is 3. The molecule has 0 saturated carbocycles. The van der Waals surface area contributed by atoms with Gasteiger partial charge in [0.05, 0.1) is 11.8 Å². The highest BCUT2D eigenvalue weighted by atomic mass is 79.9. The van der Waals surface area contributed by atoms with Crippen molar-refractivity contribution in [2.45, 2.75) is 45.7 Å². The first kappa shape index (κ1) is 23.9. The van der Waals surface area contributed by atoms with Gasteiger partial charge in [0, 0.05) is 11.7 Å². The summed E-state index contributed by atoms with van der Waals surface area (Å²) >= 11 is 3.44. The van der Waals surface area contributed by atoms with E-state index in [2.05, 4.69) is 68.1 Å². The van der Waals surface area contributed by atoms with E-state index in [1.165, 1.54) is 0 Å². The lowest BCUT2D eigenvalue weighted by Crippen LogP contribution is -2.40. The molecule has 1 amide bonds. The number of hydrogen-bond acceptors (Lipinski definition) is 3. The molecule has 2 aromatic heterocycles. The second kappa shape index (κ2) is 9.18. The monoisotopic (exact) mass is 516 g/mol. The summed E-state index contributed by atoms with van der Waals surface area (Å²) in [6.45, 7) is 10.1. The SMILES string of the molecule is CC=C(C)C(c1ccccc1)(c1ccccc1)n1cc(C(=O)NC(C)(C)C)c2nc(Br)cnc21. The third-order valence-electron chi connectivity index (χ3n) is 5.95. The van der Waals surface area contributed by atoms with Crippen LogP contribution in [0.3, 0.4) is 0 Å². The molecule has 34 heavy (non-hydrogen) atoms. The van der Waals surface area contributed by atoms with E-state index in [1.807, 2.05) is 70.3 Å². The Kier molecular flexibility index (Phi) is 6.45. The molecule has 0 bridgehead atoms. The second-order valence-corrected chi connectivity index (χ2v) is 10.2. The second-order valence-electron chi connectivity index (χ2n) is 9.40. The van der Waals surface area contributed by atoms with E-state index >= 15 is 0 Å². The van der Waals surface area contributed by atoms with Crippen molar-refractivity contribution < 1.29 is 4.79 Å². The van der Waals surface area contributed by atoms with Crippen LogP contribution in [0.15, 0.2) is 89.3 Å². The maximum Gasteiger partial charge on any atom is 0.255 e. The zero-order chi connectivity index (χ0) is 24.5. The van der Waals surface area contributed by atoms with Crippen LogP contribution in [0, 0.1) is 0 Å². The Balaban J connectivity index is 2.14. The summed E-state index contributed by atoms with van der Waals surface area (Å²) in [7, 11) is 0. The van der Waals surface area contributed by atoms with Crippen LogP contribution < -0.4 is 5.32 Å². The van der Waals surface area contributed by atoms with Crippen molar-refractivity contribution in [3.63, 3.8) is 0 Å². The fourth-order valence-electron chi connectivity index (χ4n) is 4.46. The molecule has 0 fully saturated rings. The summed E-state index contributed by atoms with van der Waals surface area (Å²) in [6.07, 6.45) is 5.69. The van der Waals surface area contributed by atoms with E-state index < -0.39 is 5.54 Å². The molecule has 0 aliphatic rings. The third kappa shape index (κ3) is 4.18. The number of aromatic nitrogens is 3. The largest absolute Gasteiger partial charge is 0.347 e. The minimum Gasteiger partial charge on any atom is -0.347 e. The van der Waals surface area contributed by atoms with E-state index in [9.17, 15) is 4.79 Å². The predicted octanol–water partition coefficient (Wildman–Crippen LogP) is 6.48. The topological polar surface area (TPSA) is 59.8 Å². The van der Waals surface area contributed by atoms with Gasteiger partial charge < -0.3 is 9.88 Å². The van der Waals surface area contributed by atoms with E-state index in [0.717, 1.165) is 16.7 Å². The molecule has 0 atom stereocenters. The molecule has 2 aromatic carbocycles. The highest BCUT2D eigenvalue weighted by Gasteiger charge is 2.40. The number of amides is 1. The molecule has 0 spiro atoms. The average Bonchev–Trinajstić information content (AvgIpc) is 3.19. The van der Waals surface area contributed by atoms with Crippen LogP contribution in [0.25, 0.3) is 11.2 Å². The number of carbonyl (C=O) groups is 1. The number of fused-ring (bicyclic) bond motifs is 1. The smallest absolute Gasteiger partial charge is 0.255 e. The normalized spacial score (nSPS) is 12.7. The maximum absolute atomic E-state index is 13.4. The van der Waals surface area contributed by atoms with Crippen molar-refractivity contribution in [2.24, 2.45) is 0 Å². The number of allylic oxidation sites excluding steroid dienone is 2. The molecule has 2 heterocycles. The van der Waals surface area contributed by atoms with Gasteiger partial charge in [-0.3, -0.25) is 4.79 Å². The highest BCUT2D eigenvalue weighted by Crippen LogP contribution is 2.43. The molecule has 0 radical (unpaired) electrons. The van der Waals surface area contributed by atoms with Crippen molar-refractivity contribution in [3.8, 4) is 0 Å². The van der Waals surface area contributed by atoms with Gasteiger partial charge in [-0.2, -0.15) is 0 Å².